The lowest BCUT2D eigenvalue weighted by Crippen LogP contribution is -2.29. The molecular weight excluding hydrogens is 216 g/mol. The van der Waals surface area contributed by atoms with E-state index in [9.17, 15) is 0 Å². The van der Waals surface area contributed by atoms with Gasteiger partial charge in [0.1, 0.15) is 0 Å². The monoisotopic (exact) mass is 230 g/mol. The third-order valence-electron chi connectivity index (χ3n) is 3.10. The fourth-order valence-corrected chi connectivity index (χ4v) is 3.22. The Kier molecular flexibility index (Phi) is 2.33. The number of thiophene rings is 1. The van der Waals surface area contributed by atoms with Gasteiger partial charge in [-0.3, -0.25) is 0 Å². The van der Waals surface area contributed by atoms with E-state index in [1.165, 1.54) is 16.1 Å². The molecule has 0 aliphatic carbocycles. The molecule has 1 aliphatic heterocycles. The summed E-state index contributed by atoms with van der Waals surface area (Å²) in [6.45, 7) is 2.07. The molecule has 0 spiro atoms. The molecule has 1 aliphatic rings. The normalized spacial score (nSPS) is 14.9. The van der Waals surface area contributed by atoms with Crippen molar-refractivity contribution in [2.75, 3.05) is 17.2 Å². The quantitative estimate of drug-likeness (QED) is 0.816. The largest absolute Gasteiger partial charge is 0.398 e. The highest BCUT2D eigenvalue weighted by Crippen LogP contribution is 2.32. The second-order valence-corrected chi connectivity index (χ2v) is 5.06. The maximum atomic E-state index is 5.94. The Balaban J connectivity index is 1.89. The molecule has 0 unspecified atom stereocenters. The molecule has 1 aromatic heterocycles. The molecule has 82 valence electrons. The Morgan fingerprint density at radius 2 is 2.00 bits per heavy atom. The van der Waals surface area contributed by atoms with Gasteiger partial charge in [-0.15, -0.1) is 11.3 Å². The van der Waals surface area contributed by atoms with E-state index in [1.807, 2.05) is 0 Å². The van der Waals surface area contributed by atoms with Gasteiger partial charge in [0.05, 0.1) is 6.54 Å². The van der Waals surface area contributed by atoms with E-state index < -0.39 is 0 Å². The van der Waals surface area contributed by atoms with Gasteiger partial charge >= 0.3 is 0 Å². The van der Waals surface area contributed by atoms with Crippen LogP contribution < -0.4 is 10.6 Å². The molecule has 0 saturated carbocycles. The Labute approximate surface area is 99.3 Å². The van der Waals surface area contributed by atoms with Crippen molar-refractivity contribution in [3.8, 4) is 0 Å². The molecule has 2 aromatic rings. The number of nitrogens with zero attached hydrogens (tertiary/aromatic N) is 1. The number of fused-ring (bicyclic) bond motifs is 1. The van der Waals surface area contributed by atoms with Gasteiger partial charge in [0, 0.05) is 28.2 Å². The lowest BCUT2D eigenvalue weighted by Gasteiger charge is -2.29. The summed E-state index contributed by atoms with van der Waals surface area (Å²) in [5, 5.41) is 2.07. The highest BCUT2D eigenvalue weighted by molar-refractivity contribution is 7.10. The van der Waals surface area contributed by atoms with Crippen molar-refractivity contribution < 1.29 is 0 Å². The van der Waals surface area contributed by atoms with Crippen molar-refractivity contribution in [2.45, 2.75) is 13.0 Å². The number of rotatable bonds is 1. The number of anilines is 2. The topological polar surface area (TPSA) is 29.3 Å². The van der Waals surface area contributed by atoms with Crippen molar-refractivity contribution in [1.29, 1.82) is 0 Å². The van der Waals surface area contributed by atoms with E-state index in [0.29, 0.717) is 0 Å². The van der Waals surface area contributed by atoms with Gasteiger partial charge in [-0.25, -0.2) is 0 Å². The van der Waals surface area contributed by atoms with Gasteiger partial charge in [0.2, 0.25) is 0 Å². The van der Waals surface area contributed by atoms with Crippen LogP contribution in [0.2, 0.25) is 0 Å². The molecular formula is C13H14N2S. The summed E-state index contributed by atoms with van der Waals surface area (Å²) in [7, 11) is 0. The lowest BCUT2D eigenvalue weighted by atomic mass is 10.1. The zero-order valence-electron chi connectivity index (χ0n) is 9.02. The first-order valence-corrected chi connectivity index (χ1v) is 6.37. The SMILES string of the molecule is Nc1csc2c1CCN(c1ccccc1)C2. The van der Waals surface area contributed by atoms with Gasteiger partial charge in [0.15, 0.2) is 0 Å². The van der Waals surface area contributed by atoms with E-state index in [2.05, 4.69) is 40.6 Å². The maximum Gasteiger partial charge on any atom is 0.0526 e. The Bertz CT molecular complexity index is 490. The van der Waals surface area contributed by atoms with Gasteiger partial charge in [-0.2, -0.15) is 0 Å². The molecule has 2 N–H and O–H groups in total. The summed E-state index contributed by atoms with van der Waals surface area (Å²) < 4.78 is 0. The summed E-state index contributed by atoms with van der Waals surface area (Å²) in [6.07, 6.45) is 1.07. The number of hydrogen-bond acceptors (Lipinski definition) is 3. The molecule has 3 rings (SSSR count). The second kappa shape index (κ2) is 3.83. The minimum atomic E-state index is 0.979. The van der Waals surface area contributed by atoms with Gasteiger partial charge in [-0.05, 0) is 24.1 Å². The van der Waals surface area contributed by atoms with Crippen LogP contribution in [0.4, 0.5) is 11.4 Å². The van der Waals surface area contributed by atoms with Crippen LogP contribution in [0, 0.1) is 0 Å². The van der Waals surface area contributed by atoms with Gasteiger partial charge < -0.3 is 10.6 Å². The van der Waals surface area contributed by atoms with Crippen molar-refractivity contribution in [3.05, 3.63) is 46.2 Å². The van der Waals surface area contributed by atoms with Gasteiger partial charge in [0.25, 0.3) is 0 Å². The van der Waals surface area contributed by atoms with Gasteiger partial charge in [-0.1, -0.05) is 18.2 Å². The van der Waals surface area contributed by atoms with Crippen LogP contribution in [-0.4, -0.2) is 6.54 Å². The van der Waals surface area contributed by atoms with Crippen LogP contribution in [-0.2, 0) is 13.0 Å². The lowest BCUT2D eigenvalue weighted by molar-refractivity contribution is 0.746. The predicted molar refractivity (Wildman–Crippen MR) is 69.9 cm³/mol. The van der Waals surface area contributed by atoms with E-state index in [1.54, 1.807) is 11.3 Å². The number of hydrogen-bond donors (Lipinski definition) is 1. The van der Waals surface area contributed by atoms with Crippen LogP contribution >= 0.6 is 11.3 Å². The number of nitrogen functional groups attached to an aromatic ring is 1. The molecule has 3 heteroatoms. The summed E-state index contributed by atoms with van der Waals surface area (Å²) >= 11 is 1.78. The molecule has 0 fully saturated rings. The summed E-state index contributed by atoms with van der Waals surface area (Å²) in [5.74, 6) is 0. The van der Waals surface area contributed by atoms with Crippen molar-refractivity contribution >= 4 is 22.7 Å². The zero-order chi connectivity index (χ0) is 11.0. The fraction of sp³-hybridized carbons (Fsp3) is 0.231. The predicted octanol–water partition coefficient (Wildman–Crippen LogP) is 2.89. The molecule has 2 nitrogen and oxygen atoms in total. The Morgan fingerprint density at radius 3 is 2.81 bits per heavy atom. The molecule has 16 heavy (non-hydrogen) atoms. The molecule has 2 heterocycles. The van der Waals surface area contributed by atoms with Crippen LogP contribution in [0.5, 0.6) is 0 Å². The number of benzene rings is 1. The molecule has 0 radical (unpaired) electrons. The molecule has 0 atom stereocenters. The van der Waals surface area contributed by atoms with Crippen molar-refractivity contribution in [3.63, 3.8) is 0 Å². The second-order valence-electron chi connectivity index (χ2n) is 4.10. The first-order valence-electron chi connectivity index (χ1n) is 5.49. The number of nitrogens with two attached hydrogens (primary N) is 1. The van der Waals surface area contributed by atoms with Crippen molar-refractivity contribution in [2.24, 2.45) is 0 Å². The van der Waals surface area contributed by atoms with E-state index in [-0.39, 0.29) is 0 Å². The molecule has 0 amide bonds. The molecule has 0 saturated heterocycles. The standard InChI is InChI=1S/C13H14N2S/c14-12-9-16-13-8-15(7-6-11(12)13)10-4-2-1-3-5-10/h1-5,9H,6-8,14H2. The smallest absolute Gasteiger partial charge is 0.0526 e. The van der Waals surface area contributed by atoms with E-state index in [0.717, 1.165) is 25.2 Å². The Morgan fingerprint density at radius 1 is 1.19 bits per heavy atom. The summed E-state index contributed by atoms with van der Waals surface area (Å²) in [6, 6.07) is 10.6. The fourth-order valence-electron chi connectivity index (χ4n) is 2.21. The van der Waals surface area contributed by atoms with Crippen LogP contribution in [0.15, 0.2) is 35.7 Å². The first kappa shape index (κ1) is 9.73. The summed E-state index contributed by atoms with van der Waals surface area (Å²) in [4.78, 5) is 3.84. The summed E-state index contributed by atoms with van der Waals surface area (Å²) in [5.41, 5.74) is 9.59. The average Bonchev–Trinajstić information content (AvgIpc) is 2.72. The van der Waals surface area contributed by atoms with E-state index in [4.69, 9.17) is 5.73 Å². The van der Waals surface area contributed by atoms with Crippen molar-refractivity contribution in [1.82, 2.24) is 0 Å². The third-order valence-corrected chi connectivity index (χ3v) is 4.13. The number of para-hydroxylation sites is 1. The molecule has 1 aromatic carbocycles. The highest BCUT2D eigenvalue weighted by Gasteiger charge is 2.19. The van der Waals surface area contributed by atoms with Crippen LogP contribution in [0.3, 0.4) is 0 Å². The first-order chi connectivity index (χ1) is 7.84. The third kappa shape index (κ3) is 1.57. The minimum absolute atomic E-state index is 0.979. The highest BCUT2D eigenvalue weighted by atomic mass is 32.1. The minimum Gasteiger partial charge on any atom is -0.398 e. The zero-order valence-corrected chi connectivity index (χ0v) is 9.83. The van der Waals surface area contributed by atoms with Crippen LogP contribution in [0.1, 0.15) is 10.4 Å². The van der Waals surface area contributed by atoms with Crippen LogP contribution in [0.25, 0.3) is 0 Å². The Hall–Kier alpha value is -1.48. The average molecular weight is 230 g/mol. The maximum absolute atomic E-state index is 5.94. The van der Waals surface area contributed by atoms with E-state index >= 15 is 0 Å². The molecule has 0 bridgehead atoms.